The van der Waals surface area contributed by atoms with Crippen molar-refractivity contribution in [3.8, 4) is 5.88 Å². The number of hydrogen-bond donors (Lipinski definition) is 0. The van der Waals surface area contributed by atoms with Crippen molar-refractivity contribution >= 4 is 22.1 Å². The maximum absolute atomic E-state index is 11.0. The Hall–Kier alpha value is -1.63. The number of imidazole rings is 1. The zero-order valence-corrected chi connectivity index (χ0v) is 11.1. The van der Waals surface area contributed by atoms with Gasteiger partial charge < -0.3 is 14.9 Å². The molecule has 2 aromatic heterocycles. The van der Waals surface area contributed by atoms with E-state index >= 15 is 0 Å². The third-order valence-corrected chi connectivity index (χ3v) is 3.30. The highest BCUT2D eigenvalue weighted by Crippen LogP contribution is 2.30. The number of aromatic nitrogens is 2. The minimum Gasteiger partial charge on any atom is -0.472 e. The summed E-state index contributed by atoms with van der Waals surface area (Å²) in [6.07, 6.45) is 3.54. The Labute approximate surface area is 108 Å². The first-order chi connectivity index (χ1) is 8.59. The molecule has 6 nitrogen and oxygen atoms in total. The van der Waals surface area contributed by atoms with Crippen LogP contribution < -0.4 is 4.74 Å². The molecule has 0 aliphatic carbocycles. The van der Waals surface area contributed by atoms with Crippen LogP contribution in [0.15, 0.2) is 11.6 Å². The summed E-state index contributed by atoms with van der Waals surface area (Å²) in [6.45, 7) is 4.73. The van der Waals surface area contributed by atoms with Crippen LogP contribution in [0.1, 0.15) is 26.7 Å². The maximum Gasteiger partial charge on any atom is 0.393 e. The van der Waals surface area contributed by atoms with Gasteiger partial charge in [0.05, 0.1) is 6.61 Å². The van der Waals surface area contributed by atoms with Crippen LogP contribution in [0.5, 0.6) is 5.88 Å². The Morgan fingerprint density at radius 3 is 3.06 bits per heavy atom. The number of rotatable bonds is 6. The fourth-order valence-electron chi connectivity index (χ4n) is 1.68. The van der Waals surface area contributed by atoms with Crippen LogP contribution in [0, 0.1) is 16.0 Å². The van der Waals surface area contributed by atoms with Gasteiger partial charge >= 0.3 is 11.7 Å². The predicted molar refractivity (Wildman–Crippen MR) is 69.3 cm³/mol. The fraction of sp³-hybridized carbons (Fsp3) is 0.545. The zero-order chi connectivity index (χ0) is 13.1. The average molecular weight is 269 g/mol. The van der Waals surface area contributed by atoms with Gasteiger partial charge in [-0.05, 0) is 23.7 Å². The first-order valence-corrected chi connectivity index (χ1v) is 6.70. The zero-order valence-electron chi connectivity index (χ0n) is 10.3. The van der Waals surface area contributed by atoms with Gasteiger partial charge in [-0.25, -0.2) is 0 Å². The molecule has 0 amide bonds. The highest BCUT2D eigenvalue weighted by Gasteiger charge is 2.24. The van der Waals surface area contributed by atoms with E-state index in [2.05, 4.69) is 18.8 Å². The molecule has 0 saturated heterocycles. The Morgan fingerprint density at radius 1 is 1.61 bits per heavy atom. The fourth-order valence-corrected chi connectivity index (χ4v) is 2.38. The van der Waals surface area contributed by atoms with Crippen molar-refractivity contribution in [3.05, 3.63) is 21.7 Å². The molecular formula is C11H15N3O3S. The monoisotopic (exact) mass is 269 g/mol. The Morgan fingerprint density at radius 2 is 2.39 bits per heavy atom. The predicted octanol–water partition coefficient (Wildman–Crippen LogP) is 3.12. The lowest BCUT2D eigenvalue weighted by Crippen LogP contribution is -2.02. The van der Waals surface area contributed by atoms with Crippen molar-refractivity contribution in [3.63, 3.8) is 0 Å². The molecule has 0 atom stereocenters. The quantitative estimate of drug-likeness (QED) is 0.459. The smallest absolute Gasteiger partial charge is 0.393 e. The summed E-state index contributed by atoms with van der Waals surface area (Å²) in [5, 5.41) is 12.8. The molecule has 0 unspecified atom stereocenters. The van der Waals surface area contributed by atoms with Gasteiger partial charge in [-0.2, -0.15) is 9.38 Å². The minimum atomic E-state index is -0.454. The number of nitrogens with zero attached hydrogens (tertiary/aromatic N) is 3. The summed E-state index contributed by atoms with van der Waals surface area (Å²) in [4.78, 5) is 15.3. The second-order valence-electron chi connectivity index (χ2n) is 4.44. The lowest BCUT2D eigenvalue weighted by molar-refractivity contribution is -0.391. The Kier molecular flexibility index (Phi) is 3.81. The van der Waals surface area contributed by atoms with Crippen molar-refractivity contribution in [1.82, 2.24) is 9.38 Å². The molecule has 0 aromatic carbocycles. The maximum atomic E-state index is 11.0. The topological polar surface area (TPSA) is 69.7 Å². The number of hydrogen-bond acceptors (Lipinski definition) is 5. The second-order valence-corrected chi connectivity index (χ2v) is 5.31. The molecular weight excluding hydrogens is 254 g/mol. The normalized spacial score (nSPS) is 11.3. The summed E-state index contributed by atoms with van der Waals surface area (Å²) < 4.78 is 6.87. The molecule has 0 bridgehead atoms. The highest BCUT2D eigenvalue weighted by molar-refractivity contribution is 7.15. The summed E-state index contributed by atoms with van der Waals surface area (Å²) in [6, 6.07) is 0. The molecule has 0 aliphatic heterocycles. The molecule has 0 N–H and O–H groups in total. The van der Waals surface area contributed by atoms with Crippen LogP contribution in [0.4, 0.5) is 5.82 Å². The van der Waals surface area contributed by atoms with Crippen LogP contribution >= 0.6 is 11.3 Å². The van der Waals surface area contributed by atoms with Crippen LogP contribution in [-0.4, -0.2) is 20.9 Å². The van der Waals surface area contributed by atoms with E-state index in [0.717, 1.165) is 12.8 Å². The van der Waals surface area contributed by atoms with E-state index in [0.29, 0.717) is 17.5 Å². The number of fused-ring (bicyclic) bond motifs is 1. The van der Waals surface area contributed by atoms with E-state index in [1.54, 1.807) is 11.6 Å². The van der Waals surface area contributed by atoms with Gasteiger partial charge in [0.2, 0.25) is 0 Å². The van der Waals surface area contributed by atoms with E-state index < -0.39 is 4.92 Å². The van der Waals surface area contributed by atoms with E-state index in [-0.39, 0.29) is 11.7 Å². The van der Waals surface area contributed by atoms with Crippen LogP contribution in [0.25, 0.3) is 4.96 Å². The van der Waals surface area contributed by atoms with Crippen LogP contribution in [0.3, 0.4) is 0 Å². The van der Waals surface area contributed by atoms with E-state index in [1.165, 1.54) is 15.7 Å². The lowest BCUT2D eigenvalue weighted by Gasteiger charge is -2.05. The van der Waals surface area contributed by atoms with Crippen molar-refractivity contribution in [2.24, 2.45) is 5.92 Å². The molecule has 0 aliphatic rings. The van der Waals surface area contributed by atoms with Gasteiger partial charge in [0.15, 0.2) is 0 Å². The van der Waals surface area contributed by atoms with Gasteiger partial charge in [-0.15, -0.1) is 0 Å². The first kappa shape index (κ1) is 12.8. The highest BCUT2D eigenvalue weighted by atomic mass is 32.1. The Bertz CT molecular complexity index is 547. The van der Waals surface area contributed by atoms with Crippen molar-refractivity contribution in [2.75, 3.05) is 6.61 Å². The molecule has 0 saturated carbocycles. The molecule has 0 fully saturated rings. The summed E-state index contributed by atoms with van der Waals surface area (Å²) in [7, 11) is 0. The minimum absolute atomic E-state index is 0.0872. The third-order valence-electron chi connectivity index (χ3n) is 2.54. The first-order valence-electron chi connectivity index (χ1n) is 5.82. The molecule has 2 heterocycles. The van der Waals surface area contributed by atoms with Gasteiger partial charge in [0.1, 0.15) is 6.20 Å². The standard InChI is InChI=1S/C11H15N3O3S/c1-8(2)4-3-6-17-9-10(14(15)16)13-5-7-18-11(13)12-9/h5,7-8H,3-4,6H2,1-2H3. The van der Waals surface area contributed by atoms with E-state index in [4.69, 9.17) is 4.74 Å². The largest absolute Gasteiger partial charge is 0.472 e. The SMILES string of the molecule is CC(C)CCCOc1nc2sccn2c1[N+](=O)[O-]. The van der Waals surface area contributed by atoms with E-state index in [1.807, 2.05) is 0 Å². The van der Waals surface area contributed by atoms with Gasteiger partial charge in [0, 0.05) is 5.38 Å². The summed E-state index contributed by atoms with van der Waals surface area (Å²) in [5.74, 6) is 0.639. The van der Waals surface area contributed by atoms with Crippen molar-refractivity contribution < 1.29 is 9.66 Å². The molecule has 2 rings (SSSR count). The summed E-state index contributed by atoms with van der Waals surface area (Å²) >= 11 is 1.35. The molecule has 18 heavy (non-hydrogen) atoms. The molecule has 0 radical (unpaired) electrons. The van der Waals surface area contributed by atoms with Gasteiger partial charge in [0.25, 0.3) is 4.96 Å². The molecule has 98 valence electrons. The van der Waals surface area contributed by atoms with Crippen LogP contribution in [-0.2, 0) is 0 Å². The Balaban J connectivity index is 2.10. The van der Waals surface area contributed by atoms with Crippen molar-refractivity contribution in [1.29, 1.82) is 0 Å². The molecule has 0 spiro atoms. The molecule has 7 heteroatoms. The van der Waals surface area contributed by atoms with Crippen molar-refractivity contribution in [2.45, 2.75) is 26.7 Å². The number of nitro groups is 1. The number of thiazole rings is 1. The van der Waals surface area contributed by atoms with Gasteiger partial charge in [-0.3, -0.25) is 0 Å². The molecule has 2 aromatic rings. The van der Waals surface area contributed by atoms with Gasteiger partial charge in [-0.1, -0.05) is 25.2 Å². The third kappa shape index (κ3) is 2.61. The van der Waals surface area contributed by atoms with E-state index in [9.17, 15) is 10.1 Å². The average Bonchev–Trinajstić information content (AvgIpc) is 2.82. The lowest BCUT2D eigenvalue weighted by atomic mass is 10.1. The number of ether oxygens (including phenoxy) is 1. The summed E-state index contributed by atoms with van der Waals surface area (Å²) in [5.41, 5.74) is 0. The van der Waals surface area contributed by atoms with Crippen LogP contribution in [0.2, 0.25) is 0 Å². The second kappa shape index (κ2) is 5.34.